The second-order valence-electron chi connectivity index (χ2n) is 6.22. The normalized spacial score (nSPS) is 12.2. The van der Waals surface area contributed by atoms with Gasteiger partial charge < -0.3 is 9.47 Å². The molecule has 26 heavy (non-hydrogen) atoms. The van der Waals surface area contributed by atoms with Gasteiger partial charge in [0, 0.05) is 17.5 Å². The van der Waals surface area contributed by atoms with Crippen molar-refractivity contribution in [3.8, 4) is 5.75 Å². The molecule has 2 aromatic heterocycles. The minimum Gasteiger partial charge on any atom is -0.490 e. The van der Waals surface area contributed by atoms with E-state index in [9.17, 15) is 9.18 Å². The van der Waals surface area contributed by atoms with Crippen molar-refractivity contribution in [2.24, 2.45) is 0 Å². The number of aromatic nitrogens is 3. The maximum Gasteiger partial charge on any atom is 0.344 e. The molecule has 0 saturated carbocycles. The van der Waals surface area contributed by atoms with Gasteiger partial charge in [0.2, 0.25) is 0 Å². The second kappa shape index (κ2) is 7.11. The number of ether oxygens (including phenoxy) is 2. The average Bonchev–Trinajstić information content (AvgIpc) is 2.89. The smallest absolute Gasteiger partial charge is 0.344 e. The number of carbonyl (C=O) groups excluding carboxylic acids is 1. The van der Waals surface area contributed by atoms with Crippen molar-refractivity contribution >= 4 is 11.6 Å². The van der Waals surface area contributed by atoms with Gasteiger partial charge in [-0.05, 0) is 45.9 Å². The van der Waals surface area contributed by atoms with Gasteiger partial charge in [0.25, 0.3) is 0 Å². The number of fused-ring (bicyclic) bond motifs is 1. The lowest BCUT2D eigenvalue weighted by atomic mass is 10.2. The van der Waals surface area contributed by atoms with E-state index in [1.807, 2.05) is 19.9 Å². The molecule has 0 aliphatic carbocycles. The van der Waals surface area contributed by atoms with Gasteiger partial charge in [-0.3, -0.25) is 0 Å². The van der Waals surface area contributed by atoms with Crippen LogP contribution in [0.2, 0.25) is 0 Å². The molecule has 0 fully saturated rings. The zero-order valence-corrected chi connectivity index (χ0v) is 15.1. The number of esters is 1. The zero-order chi connectivity index (χ0) is 18.8. The first-order valence-corrected chi connectivity index (χ1v) is 8.28. The monoisotopic (exact) mass is 357 g/mol. The number of rotatable bonds is 5. The van der Waals surface area contributed by atoms with Crippen molar-refractivity contribution in [1.29, 1.82) is 0 Å². The van der Waals surface area contributed by atoms with Gasteiger partial charge in [0.15, 0.2) is 5.65 Å². The van der Waals surface area contributed by atoms with Crippen molar-refractivity contribution in [3.05, 3.63) is 58.8 Å². The number of nitrogens with zero attached hydrogens (tertiary/aromatic N) is 3. The SMILES string of the molecule is Cc1cc(C)n2nc(C)c(C(=O)OC(C)COc3cccc(F)c3)c2n1. The standard InChI is InChI=1S/C19H20FN3O3/c1-11-8-12(2)23-18(21-11)17(14(4)22-23)19(24)26-13(3)10-25-16-7-5-6-15(20)9-16/h5-9,13H,10H2,1-4H3. The van der Waals surface area contributed by atoms with Crippen LogP contribution in [-0.4, -0.2) is 33.3 Å². The Kier molecular flexibility index (Phi) is 4.88. The number of aryl methyl sites for hydroxylation is 3. The van der Waals surface area contributed by atoms with Crippen LogP contribution in [0.1, 0.15) is 34.4 Å². The van der Waals surface area contributed by atoms with Gasteiger partial charge in [-0.25, -0.2) is 18.7 Å². The van der Waals surface area contributed by atoms with E-state index in [1.165, 1.54) is 12.1 Å². The molecule has 6 nitrogen and oxygen atoms in total. The van der Waals surface area contributed by atoms with Gasteiger partial charge in [-0.2, -0.15) is 5.10 Å². The summed E-state index contributed by atoms with van der Waals surface area (Å²) in [5, 5.41) is 4.37. The Labute approximate surface area is 150 Å². The summed E-state index contributed by atoms with van der Waals surface area (Å²) in [6.07, 6.45) is -0.522. The van der Waals surface area contributed by atoms with Crippen LogP contribution in [0.5, 0.6) is 5.75 Å². The van der Waals surface area contributed by atoms with E-state index in [2.05, 4.69) is 10.1 Å². The van der Waals surface area contributed by atoms with Crippen LogP contribution in [0.3, 0.4) is 0 Å². The summed E-state index contributed by atoms with van der Waals surface area (Å²) in [7, 11) is 0. The first-order chi connectivity index (χ1) is 12.3. The van der Waals surface area contributed by atoms with Crippen LogP contribution in [-0.2, 0) is 4.74 Å². The molecule has 0 radical (unpaired) electrons. The third-order valence-corrected chi connectivity index (χ3v) is 3.86. The molecule has 136 valence electrons. The number of carbonyl (C=O) groups is 1. The predicted molar refractivity (Wildman–Crippen MR) is 94.0 cm³/mol. The van der Waals surface area contributed by atoms with E-state index in [0.29, 0.717) is 22.7 Å². The summed E-state index contributed by atoms with van der Waals surface area (Å²) in [5.41, 5.74) is 3.05. The molecule has 0 aliphatic heterocycles. The molecule has 7 heteroatoms. The Morgan fingerprint density at radius 2 is 2.04 bits per heavy atom. The molecular formula is C19H20FN3O3. The molecule has 0 bridgehead atoms. The fourth-order valence-corrected chi connectivity index (χ4v) is 2.71. The van der Waals surface area contributed by atoms with Gasteiger partial charge in [-0.15, -0.1) is 0 Å². The third-order valence-electron chi connectivity index (χ3n) is 3.86. The average molecular weight is 357 g/mol. The largest absolute Gasteiger partial charge is 0.490 e. The summed E-state index contributed by atoms with van der Waals surface area (Å²) in [5.74, 6) is -0.510. The summed E-state index contributed by atoms with van der Waals surface area (Å²) >= 11 is 0. The minimum atomic E-state index is -0.522. The molecule has 0 amide bonds. The minimum absolute atomic E-state index is 0.110. The summed E-state index contributed by atoms with van der Waals surface area (Å²) < 4.78 is 25.7. The van der Waals surface area contributed by atoms with Crippen molar-refractivity contribution in [2.75, 3.05) is 6.61 Å². The molecule has 0 aliphatic rings. The Morgan fingerprint density at radius 1 is 1.27 bits per heavy atom. The van der Waals surface area contributed by atoms with E-state index in [0.717, 1.165) is 11.4 Å². The summed E-state index contributed by atoms with van der Waals surface area (Å²) in [6, 6.07) is 7.70. The summed E-state index contributed by atoms with van der Waals surface area (Å²) in [6.45, 7) is 7.33. The van der Waals surface area contributed by atoms with Gasteiger partial charge >= 0.3 is 5.97 Å². The molecule has 2 heterocycles. The van der Waals surface area contributed by atoms with Crippen LogP contribution in [0, 0.1) is 26.6 Å². The van der Waals surface area contributed by atoms with Crippen molar-refractivity contribution in [2.45, 2.75) is 33.8 Å². The lowest BCUT2D eigenvalue weighted by molar-refractivity contribution is 0.0229. The number of hydrogen-bond acceptors (Lipinski definition) is 5. The molecule has 1 unspecified atom stereocenters. The maximum atomic E-state index is 13.2. The van der Waals surface area contributed by atoms with Crippen LogP contribution in [0.25, 0.3) is 5.65 Å². The van der Waals surface area contributed by atoms with Gasteiger partial charge in [0.1, 0.15) is 29.8 Å². The van der Waals surface area contributed by atoms with E-state index < -0.39 is 12.1 Å². The fraction of sp³-hybridized carbons (Fsp3) is 0.316. The Hall–Kier alpha value is -2.96. The maximum absolute atomic E-state index is 13.2. The van der Waals surface area contributed by atoms with E-state index in [4.69, 9.17) is 9.47 Å². The zero-order valence-electron chi connectivity index (χ0n) is 15.1. The fourth-order valence-electron chi connectivity index (χ4n) is 2.71. The molecule has 3 aromatic rings. The van der Waals surface area contributed by atoms with E-state index >= 15 is 0 Å². The quantitative estimate of drug-likeness (QED) is 0.655. The summed E-state index contributed by atoms with van der Waals surface area (Å²) in [4.78, 5) is 17.0. The highest BCUT2D eigenvalue weighted by molar-refractivity contribution is 5.97. The van der Waals surface area contributed by atoms with Crippen LogP contribution >= 0.6 is 0 Å². The second-order valence-corrected chi connectivity index (χ2v) is 6.22. The molecule has 0 N–H and O–H groups in total. The molecule has 1 aromatic carbocycles. The first-order valence-electron chi connectivity index (χ1n) is 8.28. The van der Waals surface area contributed by atoms with Gasteiger partial charge in [-0.1, -0.05) is 6.07 Å². The number of benzene rings is 1. The van der Waals surface area contributed by atoms with Crippen LogP contribution in [0.15, 0.2) is 30.3 Å². The number of hydrogen-bond donors (Lipinski definition) is 0. The van der Waals surface area contributed by atoms with Crippen molar-refractivity contribution in [1.82, 2.24) is 14.6 Å². The predicted octanol–water partition coefficient (Wildman–Crippen LogP) is 3.42. The molecule has 3 rings (SSSR count). The highest BCUT2D eigenvalue weighted by Gasteiger charge is 2.23. The number of halogens is 1. The Balaban J connectivity index is 1.73. The highest BCUT2D eigenvalue weighted by Crippen LogP contribution is 2.18. The van der Waals surface area contributed by atoms with E-state index in [1.54, 1.807) is 30.5 Å². The first kappa shape index (κ1) is 17.8. The lowest BCUT2D eigenvalue weighted by Gasteiger charge is -2.14. The van der Waals surface area contributed by atoms with Crippen molar-refractivity contribution in [3.63, 3.8) is 0 Å². The lowest BCUT2D eigenvalue weighted by Crippen LogP contribution is -2.22. The van der Waals surface area contributed by atoms with Crippen LogP contribution in [0.4, 0.5) is 4.39 Å². The van der Waals surface area contributed by atoms with Crippen molar-refractivity contribution < 1.29 is 18.7 Å². The third kappa shape index (κ3) is 3.66. The van der Waals surface area contributed by atoms with Crippen LogP contribution < -0.4 is 4.74 Å². The Morgan fingerprint density at radius 3 is 2.77 bits per heavy atom. The highest BCUT2D eigenvalue weighted by atomic mass is 19.1. The topological polar surface area (TPSA) is 65.7 Å². The molecule has 1 atom stereocenters. The molecule has 0 spiro atoms. The molecule has 0 saturated heterocycles. The van der Waals surface area contributed by atoms with E-state index in [-0.39, 0.29) is 12.4 Å². The van der Waals surface area contributed by atoms with Gasteiger partial charge in [0.05, 0.1) is 5.69 Å². The molecular weight excluding hydrogens is 337 g/mol. The Bertz CT molecular complexity index is 968.